The second-order valence-corrected chi connectivity index (χ2v) is 9.73. The standard InChI is InChI=1S/C19H26N2O3S2/c1-15-9-11-21(12-10-15)18(16-5-7-17(24-2)8-6-16)14-20-26(22,23)19-4-3-13-25-19/h3-8,13,15,18,20H,9-12,14H2,1-2H3. The van der Waals surface area contributed by atoms with Gasteiger partial charge in [-0.25, -0.2) is 13.1 Å². The molecule has 1 aromatic carbocycles. The van der Waals surface area contributed by atoms with E-state index in [0.29, 0.717) is 10.8 Å². The van der Waals surface area contributed by atoms with E-state index in [1.165, 1.54) is 11.3 Å². The van der Waals surface area contributed by atoms with Crippen molar-refractivity contribution in [3.05, 3.63) is 47.3 Å². The molecule has 1 aliphatic heterocycles. The molecule has 1 unspecified atom stereocenters. The summed E-state index contributed by atoms with van der Waals surface area (Å²) in [6.45, 7) is 4.61. The first-order valence-corrected chi connectivity index (χ1v) is 11.3. The van der Waals surface area contributed by atoms with Crippen LogP contribution in [0.15, 0.2) is 46.0 Å². The molecule has 0 spiro atoms. The van der Waals surface area contributed by atoms with E-state index in [2.05, 4.69) is 16.5 Å². The highest BCUT2D eigenvalue weighted by molar-refractivity contribution is 7.91. The Kier molecular flexibility index (Phi) is 6.34. The molecule has 1 saturated heterocycles. The lowest BCUT2D eigenvalue weighted by molar-refractivity contribution is 0.139. The van der Waals surface area contributed by atoms with Gasteiger partial charge in [-0.15, -0.1) is 11.3 Å². The van der Waals surface area contributed by atoms with Crippen LogP contribution in [-0.2, 0) is 10.0 Å². The van der Waals surface area contributed by atoms with Gasteiger partial charge in [0.1, 0.15) is 9.96 Å². The van der Waals surface area contributed by atoms with Gasteiger partial charge in [-0.2, -0.15) is 0 Å². The first kappa shape index (κ1) is 19.4. The number of hydrogen-bond donors (Lipinski definition) is 1. The zero-order chi connectivity index (χ0) is 18.6. The molecule has 1 N–H and O–H groups in total. The lowest BCUT2D eigenvalue weighted by Crippen LogP contribution is -2.41. The van der Waals surface area contributed by atoms with Crippen LogP contribution in [0.2, 0.25) is 0 Å². The minimum atomic E-state index is -3.47. The van der Waals surface area contributed by atoms with Crippen LogP contribution >= 0.6 is 11.3 Å². The van der Waals surface area contributed by atoms with Crippen molar-refractivity contribution in [2.24, 2.45) is 5.92 Å². The third-order valence-electron chi connectivity index (χ3n) is 4.99. The van der Waals surface area contributed by atoms with Crippen LogP contribution < -0.4 is 9.46 Å². The second-order valence-electron chi connectivity index (χ2n) is 6.79. The summed E-state index contributed by atoms with van der Waals surface area (Å²) in [6.07, 6.45) is 2.29. The highest BCUT2D eigenvalue weighted by atomic mass is 32.2. The van der Waals surface area contributed by atoms with Gasteiger partial charge in [0.2, 0.25) is 10.0 Å². The molecular formula is C19H26N2O3S2. The number of methoxy groups -OCH3 is 1. The summed E-state index contributed by atoms with van der Waals surface area (Å²) in [5.74, 6) is 1.53. The number of sulfonamides is 1. The van der Waals surface area contributed by atoms with Crippen molar-refractivity contribution in [3.8, 4) is 5.75 Å². The Labute approximate surface area is 160 Å². The van der Waals surface area contributed by atoms with Gasteiger partial charge >= 0.3 is 0 Å². The first-order chi connectivity index (χ1) is 12.5. The van der Waals surface area contributed by atoms with Crippen molar-refractivity contribution in [1.29, 1.82) is 0 Å². The average Bonchev–Trinajstić information content (AvgIpc) is 3.19. The van der Waals surface area contributed by atoms with Crippen molar-refractivity contribution in [1.82, 2.24) is 9.62 Å². The summed E-state index contributed by atoms with van der Waals surface area (Å²) in [4.78, 5) is 2.39. The predicted molar refractivity (Wildman–Crippen MR) is 105 cm³/mol. The van der Waals surface area contributed by atoms with E-state index >= 15 is 0 Å². The van der Waals surface area contributed by atoms with E-state index in [1.54, 1.807) is 24.6 Å². The van der Waals surface area contributed by atoms with Crippen LogP contribution in [0, 0.1) is 5.92 Å². The Bertz CT molecular complexity index is 781. The minimum Gasteiger partial charge on any atom is -0.497 e. The maximum absolute atomic E-state index is 12.5. The summed E-state index contributed by atoms with van der Waals surface area (Å²) in [5, 5.41) is 1.78. The summed E-state index contributed by atoms with van der Waals surface area (Å²) in [7, 11) is -1.82. The van der Waals surface area contributed by atoms with Gasteiger partial charge < -0.3 is 4.74 Å². The molecule has 1 fully saturated rings. The minimum absolute atomic E-state index is 0.0168. The fourth-order valence-electron chi connectivity index (χ4n) is 3.30. The molecule has 7 heteroatoms. The van der Waals surface area contributed by atoms with Crippen LogP contribution in [0.1, 0.15) is 31.4 Å². The third kappa shape index (κ3) is 4.65. The van der Waals surface area contributed by atoms with Crippen molar-refractivity contribution in [2.45, 2.75) is 30.0 Å². The molecular weight excluding hydrogens is 368 g/mol. The Morgan fingerprint density at radius 3 is 2.50 bits per heavy atom. The van der Waals surface area contributed by atoms with Crippen molar-refractivity contribution >= 4 is 21.4 Å². The summed E-state index contributed by atoms with van der Waals surface area (Å²) in [6, 6.07) is 11.3. The van der Waals surface area contributed by atoms with Crippen LogP contribution in [0.25, 0.3) is 0 Å². The topological polar surface area (TPSA) is 58.6 Å². The monoisotopic (exact) mass is 394 g/mol. The van der Waals surface area contributed by atoms with Crippen molar-refractivity contribution in [2.75, 3.05) is 26.7 Å². The van der Waals surface area contributed by atoms with Crippen LogP contribution in [0.3, 0.4) is 0 Å². The quantitative estimate of drug-likeness (QED) is 0.781. The molecule has 0 saturated carbocycles. The Balaban J connectivity index is 1.78. The van der Waals surface area contributed by atoms with Crippen molar-refractivity contribution < 1.29 is 13.2 Å². The number of piperidine rings is 1. The SMILES string of the molecule is COc1ccc(C(CNS(=O)(=O)c2cccs2)N2CCC(C)CC2)cc1. The average molecular weight is 395 g/mol. The highest BCUT2D eigenvalue weighted by Gasteiger charge is 2.26. The fraction of sp³-hybridized carbons (Fsp3) is 0.474. The molecule has 1 atom stereocenters. The molecule has 1 aromatic heterocycles. The highest BCUT2D eigenvalue weighted by Crippen LogP contribution is 2.28. The number of rotatable bonds is 7. The molecule has 0 amide bonds. The third-order valence-corrected chi connectivity index (χ3v) is 7.81. The number of ether oxygens (including phenoxy) is 1. The molecule has 1 aliphatic rings. The van der Waals surface area contributed by atoms with E-state index in [-0.39, 0.29) is 6.04 Å². The maximum atomic E-state index is 12.5. The molecule has 0 radical (unpaired) electrons. The fourth-order valence-corrected chi connectivity index (χ4v) is 5.38. The zero-order valence-corrected chi connectivity index (χ0v) is 16.9. The predicted octanol–water partition coefficient (Wildman–Crippen LogP) is 3.51. The number of hydrogen-bond acceptors (Lipinski definition) is 5. The summed E-state index contributed by atoms with van der Waals surface area (Å²) in [5.41, 5.74) is 1.11. The molecule has 3 rings (SSSR count). The van der Waals surface area contributed by atoms with E-state index in [1.807, 2.05) is 24.3 Å². The van der Waals surface area contributed by atoms with Gasteiger partial charge in [0.15, 0.2) is 0 Å². The van der Waals surface area contributed by atoms with Gasteiger partial charge in [-0.1, -0.05) is 25.1 Å². The zero-order valence-electron chi connectivity index (χ0n) is 15.2. The molecule has 0 aliphatic carbocycles. The van der Waals surface area contributed by atoms with Gasteiger partial charge in [-0.3, -0.25) is 4.90 Å². The second kappa shape index (κ2) is 8.52. The van der Waals surface area contributed by atoms with E-state index < -0.39 is 10.0 Å². The lowest BCUT2D eigenvalue weighted by atomic mass is 9.96. The van der Waals surface area contributed by atoms with Gasteiger partial charge in [0.05, 0.1) is 7.11 Å². The van der Waals surface area contributed by atoms with Crippen LogP contribution in [0.5, 0.6) is 5.75 Å². The smallest absolute Gasteiger partial charge is 0.250 e. The molecule has 2 heterocycles. The van der Waals surface area contributed by atoms with Gasteiger partial charge in [0.25, 0.3) is 0 Å². The molecule has 2 aromatic rings. The molecule has 142 valence electrons. The molecule has 26 heavy (non-hydrogen) atoms. The maximum Gasteiger partial charge on any atom is 0.250 e. The Hall–Kier alpha value is -1.41. The lowest BCUT2D eigenvalue weighted by Gasteiger charge is -2.37. The van der Waals surface area contributed by atoms with Gasteiger partial charge in [0, 0.05) is 12.6 Å². The Morgan fingerprint density at radius 2 is 1.92 bits per heavy atom. The number of thiophene rings is 1. The van der Waals surface area contributed by atoms with Crippen LogP contribution in [-0.4, -0.2) is 40.1 Å². The number of nitrogens with zero attached hydrogens (tertiary/aromatic N) is 1. The Morgan fingerprint density at radius 1 is 1.23 bits per heavy atom. The van der Waals surface area contributed by atoms with E-state index in [4.69, 9.17) is 4.74 Å². The van der Waals surface area contributed by atoms with E-state index in [9.17, 15) is 8.42 Å². The molecule has 0 bridgehead atoms. The van der Waals surface area contributed by atoms with Crippen LogP contribution in [0.4, 0.5) is 0 Å². The largest absolute Gasteiger partial charge is 0.497 e. The van der Waals surface area contributed by atoms with E-state index in [0.717, 1.165) is 43.2 Å². The number of likely N-dealkylation sites (tertiary alicyclic amines) is 1. The normalized spacial score (nSPS) is 17.9. The number of benzene rings is 1. The molecule has 5 nitrogen and oxygen atoms in total. The summed E-state index contributed by atoms with van der Waals surface area (Å²) >= 11 is 1.24. The van der Waals surface area contributed by atoms with Crippen molar-refractivity contribution in [3.63, 3.8) is 0 Å². The first-order valence-electron chi connectivity index (χ1n) is 8.91. The number of nitrogens with one attached hydrogen (secondary N) is 1. The van der Waals surface area contributed by atoms with Gasteiger partial charge in [-0.05, 0) is 61.0 Å². The summed E-state index contributed by atoms with van der Waals surface area (Å²) < 4.78 is 33.5.